The van der Waals surface area contributed by atoms with Gasteiger partial charge in [0.25, 0.3) is 0 Å². The van der Waals surface area contributed by atoms with E-state index >= 15 is 0 Å². The Morgan fingerprint density at radius 1 is 1.25 bits per heavy atom. The van der Waals surface area contributed by atoms with Crippen LogP contribution in [0, 0.1) is 0 Å². The molecule has 2 aromatic heterocycles. The molecule has 0 fully saturated rings. The number of benzene rings is 1. The number of carboxylic acids is 1. The smallest absolute Gasteiger partial charge is 0.352 e. The Hall–Kier alpha value is -2.82. The normalized spacial score (nSPS) is 10.7. The van der Waals surface area contributed by atoms with E-state index in [1.54, 1.807) is 35.9 Å². The first-order valence-electron chi connectivity index (χ1n) is 6.05. The predicted octanol–water partition coefficient (Wildman–Crippen LogP) is 2.71. The van der Waals surface area contributed by atoms with Crippen LogP contribution in [0.25, 0.3) is 16.9 Å². The maximum absolute atomic E-state index is 11.2. The Morgan fingerprint density at radius 3 is 2.80 bits per heavy atom. The van der Waals surface area contributed by atoms with Crippen molar-refractivity contribution in [3.63, 3.8) is 0 Å². The van der Waals surface area contributed by atoms with Crippen molar-refractivity contribution < 1.29 is 14.6 Å². The Bertz CT molecular complexity index is 793. The van der Waals surface area contributed by atoms with Gasteiger partial charge >= 0.3 is 5.97 Å². The van der Waals surface area contributed by atoms with Crippen LogP contribution in [0.5, 0.6) is 5.75 Å². The molecule has 5 heteroatoms. The third-order valence-electron chi connectivity index (χ3n) is 3.08. The Kier molecular flexibility index (Phi) is 2.87. The van der Waals surface area contributed by atoms with Crippen LogP contribution >= 0.6 is 0 Å². The number of aromatic carboxylic acids is 1. The van der Waals surface area contributed by atoms with Crippen LogP contribution in [0.15, 0.2) is 48.7 Å². The van der Waals surface area contributed by atoms with Crippen molar-refractivity contribution in [1.82, 2.24) is 9.38 Å². The molecule has 100 valence electrons. The molecule has 0 aliphatic rings. The molecule has 0 saturated heterocycles. The molecule has 0 atom stereocenters. The van der Waals surface area contributed by atoms with Crippen LogP contribution in [0.1, 0.15) is 10.5 Å². The van der Waals surface area contributed by atoms with Gasteiger partial charge < -0.3 is 9.84 Å². The van der Waals surface area contributed by atoms with Crippen molar-refractivity contribution in [3.8, 4) is 17.0 Å². The van der Waals surface area contributed by atoms with Crippen molar-refractivity contribution in [2.75, 3.05) is 7.11 Å². The highest BCUT2D eigenvalue weighted by molar-refractivity contribution is 5.87. The Labute approximate surface area is 115 Å². The highest BCUT2D eigenvalue weighted by Gasteiger charge is 2.11. The zero-order chi connectivity index (χ0) is 14.1. The second-order valence-corrected chi connectivity index (χ2v) is 4.30. The second kappa shape index (κ2) is 4.70. The summed E-state index contributed by atoms with van der Waals surface area (Å²) in [6.45, 7) is 0. The summed E-state index contributed by atoms with van der Waals surface area (Å²) in [4.78, 5) is 15.6. The highest BCUT2D eigenvalue weighted by Crippen LogP contribution is 2.24. The molecule has 0 amide bonds. The molecule has 2 heterocycles. The summed E-state index contributed by atoms with van der Waals surface area (Å²) in [5.41, 5.74) is 2.37. The third-order valence-corrected chi connectivity index (χ3v) is 3.08. The first-order valence-corrected chi connectivity index (χ1v) is 6.05. The average molecular weight is 268 g/mol. The number of carboxylic acid groups (broad SMARTS) is 1. The lowest BCUT2D eigenvalue weighted by Crippen LogP contribution is -2.03. The van der Waals surface area contributed by atoms with Crippen molar-refractivity contribution in [2.24, 2.45) is 0 Å². The van der Waals surface area contributed by atoms with Gasteiger partial charge in [-0.2, -0.15) is 0 Å². The molecule has 0 radical (unpaired) electrons. The van der Waals surface area contributed by atoms with Crippen LogP contribution < -0.4 is 4.74 Å². The molecule has 0 aliphatic carbocycles. The number of imidazole rings is 1. The van der Waals surface area contributed by atoms with E-state index in [9.17, 15) is 9.90 Å². The van der Waals surface area contributed by atoms with Crippen molar-refractivity contribution in [2.45, 2.75) is 0 Å². The highest BCUT2D eigenvalue weighted by atomic mass is 16.5. The molecule has 0 aliphatic heterocycles. The number of rotatable bonds is 3. The summed E-state index contributed by atoms with van der Waals surface area (Å²) in [7, 11) is 1.60. The summed E-state index contributed by atoms with van der Waals surface area (Å²) in [6.07, 6.45) is 1.72. The zero-order valence-corrected chi connectivity index (χ0v) is 10.8. The molecule has 0 bridgehead atoms. The predicted molar refractivity (Wildman–Crippen MR) is 74.1 cm³/mol. The summed E-state index contributed by atoms with van der Waals surface area (Å²) in [5.74, 6) is -0.247. The van der Waals surface area contributed by atoms with E-state index in [-0.39, 0.29) is 5.69 Å². The minimum absolute atomic E-state index is 0.184. The number of ether oxygens (including phenoxy) is 1. The fraction of sp³-hybridized carbons (Fsp3) is 0.0667. The minimum Gasteiger partial charge on any atom is -0.497 e. The van der Waals surface area contributed by atoms with E-state index < -0.39 is 5.97 Å². The van der Waals surface area contributed by atoms with Gasteiger partial charge in [0.05, 0.1) is 12.8 Å². The van der Waals surface area contributed by atoms with Gasteiger partial charge in [-0.1, -0.05) is 18.2 Å². The summed E-state index contributed by atoms with van der Waals surface area (Å²) in [5, 5.41) is 9.18. The third kappa shape index (κ3) is 1.99. The first kappa shape index (κ1) is 12.2. The van der Waals surface area contributed by atoms with Gasteiger partial charge in [0, 0.05) is 11.8 Å². The van der Waals surface area contributed by atoms with E-state index in [4.69, 9.17) is 4.74 Å². The summed E-state index contributed by atoms with van der Waals surface area (Å²) < 4.78 is 6.75. The number of hydrogen-bond acceptors (Lipinski definition) is 3. The number of methoxy groups -OCH3 is 1. The maximum Gasteiger partial charge on any atom is 0.352 e. The Morgan fingerprint density at radius 2 is 2.05 bits per heavy atom. The van der Waals surface area contributed by atoms with Crippen molar-refractivity contribution in [3.05, 3.63) is 54.4 Å². The molecular weight excluding hydrogens is 256 g/mol. The van der Waals surface area contributed by atoms with Crippen LogP contribution in [0.3, 0.4) is 0 Å². The quantitative estimate of drug-likeness (QED) is 0.793. The number of aromatic nitrogens is 2. The number of pyridine rings is 1. The molecule has 0 unspecified atom stereocenters. The number of fused-ring (bicyclic) bond motifs is 1. The zero-order valence-electron chi connectivity index (χ0n) is 10.8. The standard InChI is InChI=1S/C15H12N2O3/c1-20-11-5-2-4-10(8-11)12-9-17-13(15(18)19)6-3-7-14(17)16-12/h2-9H,1H3,(H,18,19). The van der Waals surface area contributed by atoms with Gasteiger partial charge in [-0.05, 0) is 24.3 Å². The van der Waals surface area contributed by atoms with E-state index in [1.807, 2.05) is 24.3 Å². The van der Waals surface area contributed by atoms with Gasteiger partial charge in [-0.25, -0.2) is 9.78 Å². The van der Waals surface area contributed by atoms with Gasteiger partial charge in [-0.3, -0.25) is 4.40 Å². The summed E-state index contributed by atoms with van der Waals surface area (Å²) >= 11 is 0. The van der Waals surface area contributed by atoms with Crippen LogP contribution in [0.2, 0.25) is 0 Å². The fourth-order valence-electron chi connectivity index (χ4n) is 2.11. The molecule has 0 spiro atoms. The second-order valence-electron chi connectivity index (χ2n) is 4.30. The minimum atomic E-state index is -0.981. The molecule has 3 rings (SSSR count). The molecular formula is C15H12N2O3. The lowest BCUT2D eigenvalue weighted by molar-refractivity contribution is 0.0689. The van der Waals surface area contributed by atoms with Crippen LogP contribution in [0.4, 0.5) is 0 Å². The maximum atomic E-state index is 11.2. The fourth-order valence-corrected chi connectivity index (χ4v) is 2.11. The monoisotopic (exact) mass is 268 g/mol. The first-order chi connectivity index (χ1) is 9.69. The van der Waals surface area contributed by atoms with Gasteiger partial charge in [-0.15, -0.1) is 0 Å². The van der Waals surface area contributed by atoms with E-state index in [0.29, 0.717) is 11.3 Å². The topological polar surface area (TPSA) is 63.8 Å². The SMILES string of the molecule is COc1cccc(-c2cn3c(C(=O)O)cccc3n2)c1. The largest absolute Gasteiger partial charge is 0.497 e. The lowest BCUT2D eigenvalue weighted by Gasteiger charge is -2.01. The molecule has 3 aromatic rings. The van der Waals surface area contributed by atoms with Crippen molar-refractivity contribution in [1.29, 1.82) is 0 Å². The van der Waals surface area contributed by atoms with E-state index in [1.165, 1.54) is 0 Å². The van der Waals surface area contributed by atoms with Crippen molar-refractivity contribution >= 4 is 11.6 Å². The Balaban J connectivity index is 2.17. The summed E-state index contributed by atoms with van der Waals surface area (Å²) in [6, 6.07) is 12.5. The number of carbonyl (C=O) groups is 1. The van der Waals surface area contributed by atoms with Gasteiger partial charge in [0.2, 0.25) is 0 Å². The molecule has 20 heavy (non-hydrogen) atoms. The van der Waals surface area contributed by atoms with E-state index in [0.717, 1.165) is 11.3 Å². The molecule has 1 N–H and O–H groups in total. The van der Waals surface area contributed by atoms with Gasteiger partial charge in [0.1, 0.15) is 17.1 Å². The molecule has 1 aromatic carbocycles. The lowest BCUT2D eigenvalue weighted by atomic mass is 10.1. The van der Waals surface area contributed by atoms with E-state index in [2.05, 4.69) is 4.98 Å². The van der Waals surface area contributed by atoms with Gasteiger partial charge in [0.15, 0.2) is 0 Å². The molecule has 0 saturated carbocycles. The number of hydrogen-bond donors (Lipinski definition) is 1. The average Bonchev–Trinajstić information content (AvgIpc) is 2.91. The molecule has 5 nitrogen and oxygen atoms in total. The van der Waals surface area contributed by atoms with Crippen LogP contribution in [-0.4, -0.2) is 27.6 Å². The number of nitrogens with zero attached hydrogens (tertiary/aromatic N) is 2. The van der Waals surface area contributed by atoms with Crippen LogP contribution in [-0.2, 0) is 0 Å².